The molecule has 0 radical (unpaired) electrons. The smallest absolute Gasteiger partial charge is 0.190 e. The summed E-state index contributed by atoms with van der Waals surface area (Å²) in [4.78, 5) is 0.938. The second-order valence-corrected chi connectivity index (χ2v) is 4.16. The number of rotatable bonds is 2. The summed E-state index contributed by atoms with van der Waals surface area (Å²) in [7, 11) is 0. The van der Waals surface area contributed by atoms with Crippen molar-refractivity contribution in [3.8, 4) is 12.1 Å². The Morgan fingerprint density at radius 3 is 2.15 bits per heavy atom. The zero-order valence-corrected chi connectivity index (χ0v) is 8.01. The van der Waals surface area contributed by atoms with Gasteiger partial charge in [-0.05, 0) is 19.1 Å². The van der Waals surface area contributed by atoms with E-state index < -0.39 is 4.75 Å². The molecule has 1 aromatic rings. The van der Waals surface area contributed by atoms with Gasteiger partial charge in [0, 0.05) is 4.90 Å². The Kier molecular flexibility index (Phi) is 2.95. The van der Waals surface area contributed by atoms with Crippen molar-refractivity contribution in [3.63, 3.8) is 0 Å². The van der Waals surface area contributed by atoms with Gasteiger partial charge in [0.2, 0.25) is 0 Å². The van der Waals surface area contributed by atoms with E-state index in [1.54, 1.807) is 6.92 Å². The van der Waals surface area contributed by atoms with E-state index in [-0.39, 0.29) is 0 Å². The molecule has 0 aliphatic rings. The zero-order valence-electron chi connectivity index (χ0n) is 7.19. The van der Waals surface area contributed by atoms with Crippen LogP contribution in [0.25, 0.3) is 0 Å². The van der Waals surface area contributed by atoms with Crippen LogP contribution in [0.1, 0.15) is 6.92 Å². The number of hydrogen-bond donors (Lipinski definition) is 0. The quantitative estimate of drug-likeness (QED) is 0.670. The van der Waals surface area contributed by atoms with Crippen LogP contribution >= 0.6 is 11.8 Å². The predicted molar refractivity (Wildman–Crippen MR) is 51.9 cm³/mol. The minimum absolute atomic E-state index is 0.938. The molecule has 0 aliphatic carbocycles. The lowest BCUT2D eigenvalue weighted by molar-refractivity contribution is 1.03. The van der Waals surface area contributed by atoms with Crippen molar-refractivity contribution in [2.24, 2.45) is 0 Å². The van der Waals surface area contributed by atoms with Crippen molar-refractivity contribution in [1.29, 1.82) is 10.5 Å². The van der Waals surface area contributed by atoms with Gasteiger partial charge in [-0.1, -0.05) is 30.0 Å². The summed E-state index contributed by atoms with van der Waals surface area (Å²) in [6, 6.07) is 13.4. The SMILES string of the molecule is CC(C#N)(C#N)Sc1ccccc1. The third kappa shape index (κ3) is 2.50. The Labute approximate surface area is 81.8 Å². The molecule has 0 saturated carbocycles. The third-order valence-electron chi connectivity index (χ3n) is 1.49. The molecule has 64 valence electrons. The first-order valence-electron chi connectivity index (χ1n) is 3.77. The van der Waals surface area contributed by atoms with Gasteiger partial charge >= 0.3 is 0 Å². The second-order valence-electron chi connectivity index (χ2n) is 2.67. The van der Waals surface area contributed by atoms with Crippen molar-refractivity contribution in [2.75, 3.05) is 0 Å². The maximum atomic E-state index is 8.75. The van der Waals surface area contributed by atoms with Gasteiger partial charge in [0.1, 0.15) is 0 Å². The van der Waals surface area contributed by atoms with Crippen molar-refractivity contribution in [1.82, 2.24) is 0 Å². The van der Waals surface area contributed by atoms with Crippen molar-refractivity contribution in [3.05, 3.63) is 30.3 Å². The Hall–Kier alpha value is -1.45. The highest BCUT2D eigenvalue weighted by atomic mass is 32.2. The summed E-state index contributed by atoms with van der Waals surface area (Å²) >= 11 is 1.27. The molecule has 0 amide bonds. The Bertz CT molecular complexity index is 345. The Morgan fingerprint density at radius 2 is 1.69 bits per heavy atom. The van der Waals surface area contributed by atoms with E-state index >= 15 is 0 Å². The Balaban J connectivity index is 2.83. The molecule has 0 fully saturated rings. The summed E-state index contributed by atoms with van der Waals surface area (Å²) in [5, 5.41) is 17.5. The number of benzene rings is 1. The summed E-state index contributed by atoms with van der Waals surface area (Å²) in [6.07, 6.45) is 0. The van der Waals surface area contributed by atoms with E-state index in [1.807, 2.05) is 42.5 Å². The molecule has 0 spiro atoms. The maximum Gasteiger partial charge on any atom is 0.190 e. The third-order valence-corrected chi connectivity index (χ3v) is 2.59. The highest BCUT2D eigenvalue weighted by Crippen LogP contribution is 2.31. The minimum atomic E-state index is -0.985. The first-order valence-corrected chi connectivity index (χ1v) is 4.58. The van der Waals surface area contributed by atoms with Gasteiger partial charge in [0.25, 0.3) is 0 Å². The van der Waals surface area contributed by atoms with Gasteiger partial charge in [-0.15, -0.1) is 0 Å². The average Bonchev–Trinajstić information content (AvgIpc) is 2.19. The largest absolute Gasteiger partial charge is 0.196 e. The van der Waals surface area contributed by atoms with E-state index in [0.29, 0.717) is 0 Å². The van der Waals surface area contributed by atoms with Gasteiger partial charge in [0.05, 0.1) is 12.1 Å². The van der Waals surface area contributed by atoms with Crippen LogP contribution in [0.4, 0.5) is 0 Å². The predicted octanol–water partition coefficient (Wildman–Crippen LogP) is 2.58. The van der Waals surface area contributed by atoms with Gasteiger partial charge < -0.3 is 0 Å². The Morgan fingerprint density at radius 1 is 1.15 bits per heavy atom. The van der Waals surface area contributed by atoms with Gasteiger partial charge in [0.15, 0.2) is 4.75 Å². The molecule has 0 aromatic heterocycles. The lowest BCUT2D eigenvalue weighted by Gasteiger charge is -2.10. The monoisotopic (exact) mass is 188 g/mol. The van der Waals surface area contributed by atoms with Gasteiger partial charge in [-0.25, -0.2) is 0 Å². The van der Waals surface area contributed by atoms with E-state index in [1.165, 1.54) is 11.8 Å². The lowest BCUT2D eigenvalue weighted by atomic mass is 10.2. The number of nitrogens with zero attached hydrogens (tertiary/aromatic N) is 2. The lowest BCUT2D eigenvalue weighted by Crippen LogP contribution is -2.12. The summed E-state index contributed by atoms with van der Waals surface area (Å²) in [5.74, 6) is 0. The summed E-state index contributed by atoms with van der Waals surface area (Å²) in [6.45, 7) is 1.62. The molecule has 0 heterocycles. The molecule has 0 aliphatic heterocycles. The van der Waals surface area contributed by atoms with Gasteiger partial charge in [-0.3, -0.25) is 0 Å². The normalized spacial score (nSPS) is 10.1. The molecule has 0 bridgehead atoms. The van der Waals surface area contributed by atoms with Crippen LogP contribution in [0.15, 0.2) is 35.2 Å². The minimum Gasteiger partial charge on any atom is -0.196 e. The fraction of sp³-hybridized carbons (Fsp3) is 0.200. The molecule has 3 heteroatoms. The van der Waals surface area contributed by atoms with Crippen LogP contribution in [-0.2, 0) is 0 Å². The number of nitriles is 2. The number of hydrogen-bond acceptors (Lipinski definition) is 3. The van der Waals surface area contributed by atoms with Crippen LogP contribution in [0.5, 0.6) is 0 Å². The first-order chi connectivity index (χ1) is 6.20. The zero-order chi connectivity index (χ0) is 9.73. The first kappa shape index (κ1) is 9.64. The fourth-order valence-electron chi connectivity index (χ4n) is 0.795. The second kappa shape index (κ2) is 3.98. The van der Waals surface area contributed by atoms with Crippen molar-refractivity contribution in [2.45, 2.75) is 16.6 Å². The van der Waals surface area contributed by atoms with E-state index in [0.717, 1.165) is 4.90 Å². The molecule has 13 heavy (non-hydrogen) atoms. The van der Waals surface area contributed by atoms with Crippen LogP contribution in [0.3, 0.4) is 0 Å². The molecule has 0 N–H and O–H groups in total. The van der Waals surface area contributed by atoms with E-state index in [4.69, 9.17) is 10.5 Å². The highest BCUT2D eigenvalue weighted by molar-refractivity contribution is 8.01. The molecule has 1 aromatic carbocycles. The van der Waals surface area contributed by atoms with Crippen LogP contribution in [0.2, 0.25) is 0 Å². The maximum absolute atomic E-state index is 8.75. The fourth-order valence-corrected chi connectivity index (χ4v) is 1.65. The molecule has 0 atom stereocenters. The van der Waals surface area contributed by atoms with E-state index in [9.17, 15) is 0 Å². The highest BCUT2D eigenvalue weighted by Gasteiger charge is 2.24. The molecular formula is C10H8N2S. The van der Waals surface area contributed by atoms with Crippen LogP contribution in [-0.4, -0.2) is 4.75 Å². The molecule has 0 saturated heterocycles. The summed E-state index contributed by atoms with van der Waals surface area (Å²) in [5.41, 5.74) is 0. The molecule has 2 nitrogen and oxygen atoms in total. The van der Waals surface area contributed by atoms with Crippen molar-refractivity contribution < 1.29 is 0 Å². The van der Waals surface area contributed by atoms with Crippen LogP contribution < -0.4 is 0 Å². The number of thioether (sulfide) groups is 1. The standard InChI is InChI=1S/C10H8N2S/c1-10(7-11,8-12)13-9-5-3-2-4-6-9/h2-6H,1H3. The van der Waals surface area contributed by atoms with E-state index in [2.05, 4.69) is 0 Å². The molecule has 0 unspecified atom stereocenters. The average molecular weight is 188 g/mol. The van der Waals surface area contributed by atoms with Gasteiger partial charge in [-0.2, -0.15) is 10.5 Å². The topological polar surface area (TPSA) is 47.6 Å². The molecular weight excluding hydrogens is 180 g/mol. The van der Waals surface area contributed by atoms with Crippen molar-refractivity contribution >= 4 is 11.8 Å². The van der Waals surface area contributed by atoms with Crippen LogP contribution in [0, 0.1) is 22.7 Å². The summed E-state index contributed by atoms with van der Waals surface area (Å²) < 4.78 is -0.985. The molecule has 1 rings (SSSR count).